The highest BCUT2D eigenvalue weighted by molar-refractivity contribution is 6.25. The minimum absolute atomic E-state index is 0.0357. The van der Waals surface area contributed by atoms with Crippen LogP contribution < -0.4 is 4.90 Å². The monoisotopic (exact) mass is 680 g/mol. The third-order valence-corrected chi connectivity index (χ3v) is 10.8. The first-order valence-corrected chi connectivity index (χ1v) is 18.0. The lowest BCUT2D eigenvalue weighted by molar-refractivity contribution is 0.746. The maximum Gasteiger partial charge on any atom is 0.147 e. The molecule has 0 radical (unpaired) electrons. The Morgan fingerprint density at radius 3 is 2.11 bits per heavy atom. The van der Waals surface area contributed by atoms with Gasteiger partial charge in [-0.15, -0.1) is 0 Å². The Bertz CT molecular complexity index is 2890. The van der Waals surface area contributed by atoms with E-state index in [4.69, 9.17) is 9.97 Å². The number of aromatic nitrogens is 5. The Kier molecular flexibility index (Phi) is 6.58. The molecular weight excluding hydrogens is 649 g/mol. The molecule has 6 nitrogen and oxygen atoms in total. The van der Waals surface area contributed by atoms with E-state index in [-0.39, 0.29) is 12.0 Å². The van der Waals surface area contributed by atoms with E-state index in [2.05, 4.69) is 165 Å². The van der Waals surface area contributed by atoms with Gasteiger partial charge >= 0.3 is 0 Å². The van der Waals surface area contributed by atoms with Crippen LogP contribution in [0.25, 0.3) is 66.9 Å². The first-order chi connectivity index (χ1) is 26.3. The van der Waals surface area contributed by atoms with Gasteiger partial charge in [-0.05, 0) is 65.7 Å². The van der Waals surface area contributed by atoms with Crippen LogP contribution in [-0.2, 0) is 0 Å². The largest absolute Gasteiger partial charge is 0.331 e. The number of nitrogens with zero attached hydrogens (tertiary/aromatic N) is 6. The van der Waals surface area contributed by atoms with Crippen molar-refractivity contribution in [1.82, 2.24) is 24.1 Å². The molecule has 0 spiro atoms. The summed E-state index contributed by atoms with van der Waals surface area (Å²) in [5.41, 5.74) is 12.3. The molecule has 0 bridgehead atoms. The van der Waals surface area contributed by atoms with Crippen molar-refractivity contribution in [3.05, 3.63) is 188 Å². The van der Waals surface area contributed by atoms with E-state index in [1.165, 1.54) is 27.6 Å². The first-order valence-electron chi connectivity index (χ1n) is 18.0. The number of fused-ring (bicyclic) bond motifs is 10. The summed E-state index contributed by atoms with van der Waals surface area (Å²) in [5, 5.41) is 2.31. The predicted molar refractivity (Wildman–Crippen MR) is 215 cm³/mol. The molecule has 1 aliphatic heterocycles. The van der Waals surface area contributed by atoms with Crippen LogP contribution in [0.3, 0.4) is 0 Å². The molecule has 0 N–H and O–H groups in total. The second-order valence-corrected chi connectivity index (χ2v) is 13.6. The van der Waals surface area contributed by atoms with Gasteiger partial charge < -0.3 is 9.47 Å². The number of hydrogen-bond donors (Lipinski definition) is 0. The maximum absolute atomic E-state index is 5.65. The van der Waals surface area contributed by atoms with Gasteiger partial charge in [-0.25, -0.2) is 9.97 Å². The summed E-state index contributed by atoms with van der Waals surface area (Å²) >= 11 is 0. The molecular formula is C47H32N6. The molecule has 1 aliphatic carbocycles. The quantitative estimate of drug-likeness (QED) is 0.182. The van der Waals surface area contributed by atoms with Crippen molar-refractivity contribution < 1.29 is 0 Å². The minimum atomic E-state index is 0.0357. The lowest BCUT2D eigenvalue weighted by Gasteiger charge is -2.29. The SMILES string of the molecule is C1=CC2c3c(c4c(nc(-c5ccncc5)n4-c4ccccn4)c4c5ccccc5n(-c5ccccc5)c34)N(c3cccc(-c4ccccc4)c3)C2C=C1. The van der Waals surface area contributed by atoms with E-state index in [0.717, 1.165) is 56.2 Å². The zero-order chi connectivity index (χ0) is 34.9. The van der Waals surface area contributed by atoms with Crippen molar-refractivity contribution in [2.24, 2.45) is 0 Å². The van der Waals surface area contributed by atoms with Crippen LogP contribution in [0.4, 0.5) is 11.4 Å². The van der Waals surface area contributed by atoms with Gasteiger partial charge in [0.2, 0.25) is 0 Å². The number of anilines is 2. The summed E-state index contributed by atoms with van der Waals surface area (Å²) in [5.74, 6) is 1.71. The molecule has 53 heavy (non-hydrogen) atoms. The number of hydrogen-bond acceptors (Lipinski definition) is 4. The molecule has 6 heteroatoms. The molecule has 250 valence electrons. The van der Waals surface area contributed by atoms with Crippen molar-refractivity contribution in [2.75, 3.05) is 4.90 Å². The van der Waals surface area contributed by atoms with Crippen molar-refractivity contribution in [3.63, 3.8) is 0 Å². The minimum Gasteiger partial charge on any atom is -0.331 e. The second-order valence-electron chi connectivity index (χ2n) is 13.6. The number of para-hydroxylation sites is 2. The highest BCUT2D eigenvalue weighted by Crippen LogP contribution is 2.57. The van der Waals surface area contributed by atoms with Gasteiger partial charge in [-0.1, -0.05) is 109 Å². The lowest BCUT2D eigenvalue weighted by atomic mass is 9.89. The van der Waals surface area contributed by atoms with Crippen LogP contribution >= 0.6 is 0 Å². The molecule has 2 atom stereocenters. The first kappa shape index (κ1) is 29.7. The third-order valence-electron chi connectivity index (χ3n) is 10.8. The standard InChI is InChI=1S/C47H32N6/c1-3-14-31(15-4-1)33-16-13-19-35(30-33)52-39-23-10-8-21-37(39)42-44-41(36-20-7-9-22-38(36)51(44)34-17-5-2-6-18-34)43-46(45(42)52)53(40-24-11-12-27-49-40)47(50-43)32-25-28-48-29-26-32/h1-30,37,39H. The zero-order valence-corrected chi connectivity index (χ0v) is 28.7. The average molecular weight is 681 g/mol. The summed E-state index contributed by atoms with van der Waals surface area (Å²) in [6, 6.07) is 49.4. The van der Waals surface area contributed by atoms with Crippen LogP contribution in [0, 0.1) is 0 Å². The highest BCUT2D eigenvalue weighted by Gasteiger charge is 2.43. The lowest BCUT2D eigenvalue weighted by Crippen LogP contribution is -2.28. The Balaban J connectivity index is 1.37. The van der Waals surface area contributed by atoms with Gasteiger partial charge in [-0.2, -0.15) is 0 Å². The average Bonchev–Trinajstić information content (AvgIpc) is 3.91. The number of allylic oxidation sites excluding steroid dienone is 2. The molecule has 4 aromatic heterocycles. The van der Waals surface area contributed by atoms with Crippen molar-refractivity contribution in [2.45, 2.75) is 12.0 Å². The van der Waals surface area contributed by atoms with E-state index < -0.39 is 0 Å². The molecule has 0 saturated heterocycles. The number of imidazole rings is 1. The summed E-state index contributed by atoms with van der Waals surface area (Å²) in [7, 11) is 0. The summed E-state index contributed by atoms with van der Waals surface area (Å²) in [6.45, 7) is 0. The van der Waals surface area contributed by atoms with E-state index in [9.17, 15) is 0 Å². The smallest absolute Gasteiger partial charge is 0.147 e. The van der Waals surface area contributed by atoms with Gasteiger partial charge in [0.15, 0.2) is 0 Å². The molecule has 0 amide bonds. The fourth-order valence-corrected chi connectivity index (χ4v) is 8.62. The third kappa shape index (κ3) is 4.42. The van der Waals surface area contributed by atoms with E-state index in [1.807, 2.05) is 36.8 Å². The summed E-state index contributed by atoms with van der Waals surface area (Å²) in [4.78, 5) is 17.5. The number of pyridine rings is 2. The normalized spacial score (nSPS) is 16.1. The van der Waals surface area contributed by atoms with Crippen molar-refractivity contribution in [1.29, 1.82) is 0 Å². The molecule has 0 fully saturated rings. The molecule has 0 saturated carbocycles. The van der Waals surface area contributed by atoms with Crippen LogP contribution in [0.5, 0.6) is 0 Å². The predicted octanol–water partition coefficient (Wildman–Crippen LogP) is 11.0. The van der Waals surface area contributed by atoms with Crippen LogP contribution in [0.1, 0.15) is 11.5 Å². The van der Waals surface area contributed by atoms with Gasteiger partial charge in [-0.3, -0.25) is 9.55 Å². The molecule has 5 heterocycles. The van der Waals surface area contributed by atoms with Gasteiger partial charge in [0.25, 0.3) is 0 Å². The Labute approximate surface area is 306 Å². The molecule has 9 aromatic rings. The van der Waals surface area contributed by atoms with Crippen molar-refractivity contribution >= 4 is 44.2 Å². The fourth-order valence-electron chi connectivity index (χ4n) is 8.62. The maximum atomic E-state index is 5.65. The van der Waals surface area contributed by atoms with Gasteiger partial charge in [0.05, 0.1) is 28.3 Å². The second kappa shape index (κ2) is 11.8. The topological polar surface area (TPSA) is 51.8 Å². The van der Waals surface area contributed by atoms with Gasteiger partial charge in [0.1, 0.15) is 17.2 Å². The van der Waals surface area contributed by atoms with E-state index in [1.54, 1.807) is 0 Å². The number of benzene rings is 5. The van der Waals surface area contributed by atoms with Crippen molar-refractivity contribution in [3.8, 4) is 34.0 Å². The van der Waals surface area contributed by atoms with Gasteiger partial charge in [0, 0.05) is 57.8 Å². The Morgan fingerprint density at radius 1 is 0.547 bits per heavy atom. The fraction of sp³-hybridized carbons (Fsp3) is 0.0426. The Morgan fingerprint density at radius 2 is 1.28 bits per heavy atom. The summed E-state index contributed by atoms with van der Waals surface area (Å²) < 4.78 is 4.73. The van der Waals surface area contributed by atoms with E-state index >= 15 is 0 Å². The van der Waals surface area contributed by atoms with E-state index in [0.29, 0.717) is 0 Å². The molecule has 5 aromatic carbocycles. The van der Waals surface area contributed by atoms with Crippen LogP contribution in [0.15, 0.2) is 182 Å². The Hall–Kier alpha value is -7.05. The van der Waals surface area contributed by atoms with Crippen LogP contribution in [-0.4, -0.2) is 30.1 Å². The van der Waals surface area contributed by atoms with Crippen LogP contribution in [0.2, 0.25) is 0 Å². The zero-order valence-electron chi connectivity index (χ0n) is 28.7. The number of rotatable bonds is 5. The molecule has 2 unspecified atom stereocenters. The highest BCUT2D eigenvalue weighted by atomic mass is 15.2. The summed E-state index contributed by atoms with van der Waals surface area (Å²) in [6.07, 6.45) is 14.7. The molecule has 11 rings (SSSR count). The molecule has 2 aliphatic rings.